The second-order valence-electron chi connectivity index (χ2n) is 6.17. The highest BCUT2D eigenvalue weighted by molar-refractivity contribution is 7.90. The third-order valence-electron chi connectivity index (χ3n) is 4.01. The zero-order valence-corrected chi connectivity index (χ0v) is 16.4. The van der Waals surface area contributed by atoms with Crippen LogP contribution in [0.2, 0.25) is 0 Å². The van der Waals surface area contributed by atoms with E-state index in [0.29, 0.717) is 23.3 Å². The predicted octanol–water partition coefficient (Wildman–Crippen LogP) is 3.18. The summed E-state index contributed by atoms with van der Waals surface area (Å²) in [6, 6.07) is 6.13. The van der Waals surface area contributed by atoms with Crippen LogP contribution in [0.5, 0.6) is 0 Å². The molecule has 0 saturated carbocycles. The lowest BCUT2D eigenvalue weighted by atomic mass is 10.3. The molecule has 0 amide bonds. The van der Waals surface area contributed by atoms with Gasteiger partial charge in [-0.15, -0.1) is 0 Å². The highest BCUT2D eigenvalue weighted by Gasteiger charge is 2.35. The standard InChI is InChI=1S/C17H17F3N6O2S/c1-10-14(23-16-22-8-13(17(18,19)20)15(21-2)24-16)9-26(25-10)11-4-6-12(7-5-11)29(3,27)28/h4-9H,1-3H3,(H2,21,22,23,24). The van der Waals surface area contributed by atoms with E-state index in [9.17, 15) is 21.6 Å². The van der Waals surface area contributed by atoms with Crippen molar-refractivity contribution in [2.75, 3.05) is 23.9 Å². The number of alkyl halides is 3. The third-order valence-corrected chi connectivity index (χ3v) is 5.13. The zero-order valence-electron chi connectivity index (χ0n) is 15.6. The van der Waals surface area contributed by atoms with E-state index in [1.54, 1.807) is 25.3 Å². The Morgan fingerprint density at radius 1 is 1.14 bits per heavy atom. The van der Waals surface area contributed by atoms with E-state index in [1.165, 1.54) is 23.9 Å². The van der Waals surface area contributed by atoms with Crippen LogP contribution in [0.15, 0.2) is 41.6 Å². The first kappa shape index (κ1) is 20.6. The molecule has 1 aromatic carbocycles. The molecule has 2 N–H and O–H groups in total. The Morgan fingerprint density at radius 3 is 2.34 bits per heavy atom. The van der Waals surface area contributed by atoms with Gasteiger partial charge in [-0.05, 0) is 31.2 Å². The Balaban J connectivity index is 1.88. The molecule has 0 unspecified atom stereocenters. The summed E-state index contributed by atoms with van der Waals surface area (Å²) in [6.45, 7) is 1.70. The minimum atomic E-state index is -4.57. The van der Waals surface area contributed by atoms with E-state index in [0.717, 1.165) is 6.26 Å². The maximum absolute atomic E-state index is 13.0. The van der Waals surface area contributed by atoms with Gasteiger partial charge >= 0.3 is 6.18 Å². The number of aromatic nitrogens is 4. The van der Waals surface area contributed by atoms with Crippen LogP contribution >= 0.6 is 0 Å². The molecule has 2 aromatic heterocycles. The number of hydrogen-bond acceptors (Lipinski definition) is 7. The number of nitrogens with zero attached hydrogens (tertiary/aromatic N) is 4. The van der Waals surface area contributed by atoms with E-state index < -0.39 is 21.6 Å². The smallest absolute Gasteiger partial charge is 0.372 e. The normalized spacial score (nSPS) is 12.1. The van der Waals surface area contributed by atoms with Crippen molar-refractivity contribution in [3.63, 3.8) is 0 Å². The topological polar surface area (TPSA) is 102 Å². The number of aryl methyl sites for hydroxylation is 1. The van der Waals surface area contributed by atoms with E-state index in [1.807, 2.05) is 0 Å². The van der Waals surface area contributed by atoms with Crippen molar-refractivity contribution in [2.45, 2.75) is 18.0 Å². The van der Waals surface area contributed by atoms with Crippen molar-refractivity contribution < 1.29 is 21.6 Å². The number of sulfone groups is 1. The molecule has 154 valence electrons. The summed E-state index contributed by atoms with van der Waals surface area (Å²) in [7, 11) is -1.97. The molecule has 0 aliphatic heterocycles. The molecule has 12 heteroatoms. The Hall–Kier alpha value is -3.15. The number of anilines is 3. The Morgan fingerprint density at radius 2 is 1.79 bits per heavy atom. The lowest BCUT2D eigenvalue weighted by Crippen LogP contribution is -2.12. The molecule has 0 radical (unpaired) electrons. The highest BCUT2D eigenvalue weighted by Crippen LogP contribution is 2.34. The molecule has 0 bridgehead atoms. The van der Waals surface area contributed by atoms with Crippen molar-refractivity contribution >= 4 is 27.3 Å². The van der Waals surface area contributed by atoms with Crippen LogP contribution in [0, 0.1) is 6.92 Å². The summed E-state index contributed by atoms with van der Waals surface area (Å²) < 4.78 is 63.5. The van der Waals surface area contributed by atoms with Crippen LogP contribution in [0.25, 0.3) is 5.69 Å². The van der Waals surface area contributed by atoms with Crippen LogP contribution in [-0.4, -0.2) is 41.5 Å². The Kier molecular flexibility index (Phi) is 5.22. The van der Waals surface area contributed by atoms with Crippen molar-refractivity contribution in [3.05, 3.63) is 47.9 Å². The monoisotopic (exact) mass is 426 g/mol. The van der Waals surface area contributed by atoms with E-state index in [2.05, 4.69) is 25.7 Å². The van der Waals surface area contributed by atoms with Crippen LogP contribution in [-0.2, 0) is 16.0 Å². The number of nitrogens with one attached hydrogen (secondary N) is 2. The lowest BCUT2D eigenvalue weighted by Gasteiger charge is -2.12. The van der Waals surface area contributed by atoms with Crippen molar-refractivity contribution in [1.82, 2.24) is 19.7 Å². The van der Waals surface area contributed by atoms with Gasteiger partial charge in [0, 0.05) is 19.5 Å². The maximum atomic E-state index is 13.0. The summed E-state index contributed by atoms with van der Waals surface area (Å²) >= 11 is 0. The van der Waals surface area contributed by atoms with Gasteiger partial charge in [0.25, 0.3) is 0 Å². The van der Waals surface area contributed by atoms with Gasteiger partial charge in [-0.2, -0.15) is 23.3 Å². The van der Waals surface area contributed by atoms with Gasteiger partial charge in [-0.25, -0.2) is 18.1 Å². The van der Waals surface area contributed by atoms with Gasteiger partial charge in [-0.1, -0.05) is 0 Å². The fourth-order valence-electron chi connectivity index (χ4n) is 2.52. The SMILES string of the molecule is CNc1nc(Nc2cn(-c3ccc(S(C)(=O)=O)cc3)nc2C)ncc1C(F)(F)F. The first-order chi connectivity index (χ1) is 13.5. The average molecular weight is 426 g/mol. The number of halogens is 3. The molecule has 0 spiro atoms. The molecule has 0 fully saturated rings. The summed E-state index contributed by atoms with van der Waals surface area (Å²) in [6.07, 6.45) is -1.16. The van der Waals surface area contributed by atoms with E-state index in [-0.39, 0.29) is 16.7 Å². The van der Waals surface area contributed by atoms with Gasteiger partial charge in [0.2, 0.25) is 5.95 Å². The second kappa shape index (κ2) is 7.35. The molecular weight excluding hydrogens is 409 g/mol. The van der Waals surface area contributed by atoms with Gasteiger partial charge in [0.1, 0.15) is 11.4 Å². The largest absolute Gasteiger partial charge is 0.421 e. The van der Waals surface area contributed by atoms with E-state index >= 15 is 0 Å². The molecule has 2 heterocycles. The molecule has 0 atom stereocenters. The van der Waals surface area contributed by atoms with Gasteiger partial charge < -0.3 is 10.6 Å². The summed E-state index contributed by atoms with van der Waals surface area (Å²) in [4.78, 5) is 7.76. The second-order valence-corrected chi connectivity index (χ2v) is 8.18. The summed E-state index contributed by atoms with van der Waals surface area (Å²) in [5.41, 5.74) is 0.674. The third kappa shape index (κ3) is 4.47. The van der Waals surface area contributed by atoms with Crippen LogP contribution in [0.4, 0.5) is 30.6 Å². The minimum absolute atomic E-state index is 0.0302. The highest BCUT2D eigenvalue weighted by atomic mass is 32.2. The first-order valence-corrected chi connectivity index (χ1v) is 10.1. The summed E-state index contributed by atoms with van der Waals surface area (Å²) in [5, 5.41) is 9.57. The number of rotatable bonds is 5. The minimum Gasteiger partial charge on any atom is -0.372 e. The molecule has 29 heavy (non-hydrogen) atoms. The molecule has 0 aliphatic rings. The molecule has 3 rings (SSSR count). The zero-order chi connectivity index (χ0) is 21.4. The molecule has 3 aromatic rings. The van der Waals surface area contributed by atoms with Crippen LogP contribution in [0.1, 0.15) is 11.3 Å². The van der Waals surface area contributed by atoms with Crippen molar-refractivity contribution in [2.24, 2.45) is 0 Å². The van der Waals surface area contributed by atoms with Gasteiger partial charge in [0.15, 0.2) is 9.84 Å². The molecule has 0 saturated heterocycles. The van der Waals surface area contributed by atoms with Gasteiger partial charge in [-0.3, -0.25) is 0 Å². The molecule has 8 nitrogen and oxygen atoms in total. The average Bonchev–Trinajstić information content (AvgIpc) is 3.00. The quantitative estimate of drug-likeness (QED) is 0.646. The van der Waals surface area contributed by atoms with E-state index in [4.69, 9.17) is 0 Å². The lowest BCUT2D eigenvalue weighted by molar-refractivity contribution is -0.137. The maximum Gasteiger partial charge on any atom is 0.421 e. The fourth-order valence-corrected chi connectivity index (χ4v) is 3.15. The number of hydrogen-bond donors (Lipinski definition) is 2. The fraction of sp³-hybridized carbons (Fsp3) is 0.235. The number of benzene rings is 1. The first-order valence-electron chi connectivity index (χ1n) is 8.25. The van der Waals surface area contributed by atoms with Gasteiger partial charge in [0.05, 0.1) is 28.2 Å². The van der Waals surface area contributed by atoms with Crippen molar-refractivity contribution in [1.29, 1.82) is 0 Å². The van der Waals surface area contributed by atoms with Crippen LogP contribution < -0.4 is 10.6 Å². The molecule has 0 aliphatic carbocycles. The van der Waals surface area contributed by atoms with Crippen molar-refractivity contribution in [3.8, 4) is 5.69 Å². The predicted molar refractivity (Wildman–Crippen MR) is 101 cm³/mol. The molecular formula is C17H17F3N6O2S. The Labute approximate surface area is 164 Å². The Bertz CT molecular complexity index is 1140. The summed E-state index contributed by atoms with van der Waals surface area (Å²) in [5.74, 6) is -0.381. The van der Waals surface area contributed by atoms with Crippen LogP contribution in [0.3, 0.4) is 0 Å².